The van der Waals surface area contributed by atoms with E-state index in [1.165, 1.54) is 11.3 Å². The number of hydrogen-bond acceptors (Lipinski definition) is 6. The second kappa shape index (κ2) is 9.15. The van der Waals surface area contributed by atoms with Crippen molar-refractivity contribution in [1.29, 1.82) is 0 Å². The van der Waals surface area contributed by atoms with Crippen molar-refractivity contribution >= 4 is 22.4 Å². The summed E-state index contributed by atoms with van der Waals surface area (Å²) in [5, 5.41) is 12.8. The maximum Gasteiger partial charge on any atom is 0.248 e. The highest BCUT2D eigenvalue weighted by Crippen LogP contribution is 2.28. The Morgan fingerprint density at radius 3 is 2.59 bits per heavy atom. The van der Waals surface area contributed by atoms with E-state index in [1.807, 2.05) is 54.6 Å². The highest BCUT2D eigenvalue weighted by atomic mass is 32.1. The Labute approximate surface area is 174 Å². The van der Waals surface area contributed by atoms with Gasteiger partial charge in [0.2, 0.25) is 11.0 Å². The second-order valence-electron chi connectivity index (χ2n) is 7.04. The van der Waals surface area contributed by atoms with Gasteiger partial charge in [-0.15, -0.1) is 10.2 Å². The first-order valence-electron chi connectivity index (χ1n) is 9.79. The molecule has 6 nitrogen and oxygen atoms in total. The SMILES string of the molecule is COc1ccccc1Cc1nnc(NC(=O)C(c2ccccc2)N2CCCC2)s1. The Hall–Kier alpha value is -2.77. The van der Waals surface area contributed by atoms with Gasteiger partial charge in [-0.25, -0.2) is 0 Å². The zero-order valence-electron chi connectivity index (χ0n) is 16.4. The van der Waals surface area contributed by atoms with Crippen molar-refractivity contribution < 1.29 is 9.53 Å². The first-order chi connectivity index (χ1) is 14.2. The number of methoxy groups -OCH3 is 1. The number of carbonyl (C=O) groups excluding carboxylic acids is 1. The molecule has 1 unspecified atom stereocenters. The summed E-state index contributed by atoms with van der Waals surface area (Å²) in [5.74, 6) is 0.768. The van der Waals surface area contributed by atoms with Crippen molar-refractivity contribution in [2.45, 2.75) is 25.3 Å². The Bertz CT molecular complexity index is 954. The normalized spacial score (nSPS) is 15.2. The van der Waals surface area contributed by atoms with Crippen LogP contribution in [0, 0.1) is 0 Å². The number of benzene rings is 2. The average molecular weight is 409 g/mol. The molecular weight excluding hydrogens is 384 g/mol. The molecule has 1 aliphatic heterocycles. The van der Waals surface area contributed by atoms with E-state index < -0.39 is 0 Å². The van der Waals surface area contributed by atoms with Gasteiger partial charge < -0.3 is 4.74 Å². The Morgan fingerprint density at radius 2 is 1.83 bits per heavy atom. The molecule has 7 heteroatoms. The average Bonchev–Trinajstić information content (AvgIpc) is 3.42. The standard InChI is InChI=1S/C22H24N4O2S/c1-28-18-12-6-5-11-17(18)15-19-24-25-22(29-19)23-21(27)20(26-13-7-8-14-26)16-9-3-2-4-10-16/h2-6,9-12,20H,7-8,13-15H2,1H3,(H,23,25,27). The molecule has 0 bridgehead atoms. The van der Waals surface area contributed by atoms with Gasteiger partial charge in [0.05, 0.1) is 7.11 Å². The Balaban J connectivity index is 1.48. The molecule has 1 aliphatic rings. The third-order valence-corrected chi connectivity index (χ3v) is 5.94. The minimum absolute atomic E-state index is 0.0573. The van der Waals surface area contributed by atoms with Crippen molar-refractivity contribution in [3.63, 3.8) is 0 Å². The minimum Gasteiger partial charge on any atom is -0.496 e. The van der Waals surface area contributed by atoms with Crippen molar-refractivity contribution in [2.75, 3.05) is 25.5 Å². The number of rotatable bonds is 7. The lowest BCUT2D eigenvalue weighted by Crippen LogP contribution is -2.35. The maximum absolute atomic E-state index is 13.1. The molecule has 150 valence electrons. The number of likely N-dealkylation sites (tertiary alicyclic amines) is 1. The van der Waals surface area contributed by atoms with E-state index in [9.17, 15) is 4.79 Å². The smallest absolute Gasteiger partial charge is 0.248 e. The van der Waals surface area contributed by atoms with Crippen LogP contribution in [0.2, 0.25) is 0 Å². The quantitative estimate of drug-likeness (QED) is 0.642. The van der Waals surface area contributed by atoms with E-state index in [0.29, 0.717) is 11.6 Å². The summed E-state index contributed by atoms with van der Waals surface area (Å²) in [6.07, 6.45) is 2.86. The van der Waals surface area contributed by atoms with Crippen LogP contribution in [0.15, 0.2) is 54.6 Å². The molecule has 1 saturated heterocycles. The van der Waals surface area contributed by atoms with Crippen LogP contribution in [0.5, 0.6) is 5.75 Å². The largest absolute Gasteiger partial charge is 0.496 e. The van der Waals surface area contributed by atoms with Crippen LogP contribution in [0.1, 0.15) is 35.0 Å². The predicted octanol–water partition coefficient (Wildman–Crippen LogP) is 3.91. The molecule has 2 heterocycles. The van der Waals surface area contributed by atoms with Crippen LogP contribution in [-0.2, 0) is 11.2 Å². The van der Waals surface area contributed by atoms with E-state index in [0.717, 1.165) is 47.8 Å². The zero-order valence-corrected chi connectivity index (χ0v) is 17.2. The summed E-state index contributed by atoms with van der Waals surface area (Å²) in [6.45, 7) is 1.87. The van der Waals surface area contributed by atoms with Crippen LogP contribution in [0.4, 0.5) is 5.13 Å². The van der Waals surface area contributed by atoms with E-state index >= 15 is 0 Å². The Kier molecular flexibility index (Phi) is 6.17. The number of aromatic nitrogens is 2. The molecule has 0 aliphatic carbocycles. The molecule has 3 aromatic rings. The Morgan fingerprint density at radius 1 is 1.10 bits per heavy atom. The number of carbonyl (C=O) groups is 1. The summed E-state index contributed by atoms with van der Waals surface area (Å²) in [4.78, 5) is 15.4. The van der Waals surface area contributed by atoms with Gasteiger partial charge in [-0.05, 0) is 37.6 Å². The fraction of sp³-hybridized carbons (Fsp3) is 0.318. The minimum atomic E-state index is -0.305. The summed E-state index contributed by atoms with van der Waals surface area (Å²) >= 11 is 1.40. The third kappa shape index (κ3) is 4.63. The monoisotopic (exact) mass is 408 g/mol. The fourth-order valence-corrected chi connectivity index (χ4v) is 4.49. The number of amides is 1. The highest BCUT2D eigenvalue weighted by molar-refractivity contribution is 7.15. The molecule has 0 saturated carbocycles. The third-order valence-electron chi connectivity index (χ3n) is 5.10. The molecule has 29 heavy (non-hydrogen) atoms. The molecule has 1 amide bonds. The molecule has 1 N–H and O–H groups in total. The topological polar surface area (TPSA) is 67.4 Å². The number of hydrogen-bond donors (Lipinski definition) is 1. The molecule has 4 rings (SSSR count). The van der Waals surface area contributed by atoms with Gasteiger partial charge in [-0.1, -0.05) is 59.9 Å². The van der Waals surface area contributed by atoms with Gasteiger partial charge in [0, 0.05) is 12.0 Å². The number of anilines is 1. The van der Waals surface area contributed by atoms with Crippen molar-refractivity contribution in [2.24, 2.45) is 0 Å². The van der Waals surface area contributed by atoms with Crippen LogP contribution < -0.4 is 10.1 Å². The van der Waals surface area contributed by atoms with Crippen molar-refractivity contribution in [3.8, 4) is 5.75 Å². The summed E-state index contributed by atoms with van der Waals surface area (Å²) in [5.41, 5.74) is 2.05. The van der Waals surface area contributed by atoms with Gasteiger partial charge in [0.15, 0.2) is 0 Å². The molecule has 1 atom stereocenters. The lowest BCUT2D eigenvalue weighted by molar-refractivity contribution is -0.121. The van der Waals surface area contributed by atoms with Crippen LogP contribution >= 0.6 is 11.3 Å². The maximum atomic E-state index is 13.1. The van der Waals surface area contributed by atoms with Gasteiger partial charge in [-0.2, -0.15) is 0 Å². The number of para-hydroxylation sites is 1. The van der Waals surface area contributed by atoms with E-state index in [-0.39, 0.29) is 11.9 Å². The lowest BCUT2D eigenvalue weighted by atomic mass is 10.1. The molecule has 0 radical (unpaired) electrons. The summed E-state index contributed by atoms with van der Waals surface area (Å²) in [6, 6.07) is 17.5. The molecular formula is C22H24N4O2S. The van der Waals surface area contributed by atoms with Gasteiger partial charge in [-0.3, -0.25) is 15.0 Å². The second-order valence-corrected chi connectivity index (χ2v) is 8.10. The zero-order chi connectivity index (χ0) is 20.1. The van der Waals surface area contributed by atoms with Gasteiger partial charge in [0.1, 0.15) is 16.8 Å². The summed E-state index contributed by atoms with van der Waals surface area (Å²) < 4.78 is 5.41. The van der Waals surface area contributed by atoms with Crippen LogP contribution in [-0.4, -0.2) is 41.2 Å². The highest BCUT2D eigenvalue weighted by Gasteiger charge is 2.30. The van der Waals surface area contributed by atoms with Crippen LogP contribution in [0.25, 0.3) is 0 Å². The molecule has 1 aromatic heterocycles. The number of nitrogens with one attached hydrogen (secondary N) is 1. The van der Waals surface area contributed by atoms with E-state index in [2.05, 4.69) is 20.4 Å². The van der Waals surface area contributed by atoms with Gasteiger partial charge in [0.25, 0.3) is 0 Å². The predicted molar refractivity (Wildman–Crippen MR) is 114 cm³/mol. The van der Waals surface area contributed by atoms with E-state index in [4.69, 9.17) is 4.74 Å². The number of ether oxygens (including phenoxy) is 1. The molecule has 2 aromatic carbocycles. The summed E-state index contributed by atoms with van der Waals surface area (Å²) in [7, 11) is 1.66. The number of nitrogens with zero attached hydrogens (tertiary/aromatic N) is 3. The fourth-order valence-electron chi connectivity index (χ4n) is 3.72. The molecule has 1 fully saturated rings. The first-order valence-corrected chi connectivity index (χ1v) is 10.6. The van der Waals surface area contributed by atoms with Crippen molar-refractivity contribution in [3.05, 3.63) is 70.7 Å². The lowest BCUT2D eigenvalue weighted by Gasteiger charge is -2.26. The van der Waals surface area contributed by atoms with Gasteiger partial charge >= 0.3 is 0 Å². The van der Waals surface area contributed by atoms with Crippen molar-refractivity contribution in [1.82, 2.24) is 15.1 Å². The van der Waals surface area contributed by atoms with E-state index in [1.54, 1.807) is 7.11 Å². The van der Waals surface area contributed by atoms with Crippen LogP contribution in [0.3, 0.4) is 0 Å². The first kappa shape index (κ1) is 19.5. The molecule has 0 spiro atoms.